The van der Waals surface area contributed by atoms with Gasteiger partial charge in [0.15, 0.2) is 0 Å². The highest BCUT2D eigenvalue weighted by molar-refractivity contribution is 6.82. The third-order valence-electron chi connectivity index (χ3n) is 3.06. The smallest absolute Gasteiger partial charge is 0.146 e. The van der Waals surface area contributed by atoms with E-state index < -0.39 is 16.1 Å². The first-order chi connectivity index (χ1) is 7.77. The van der Waals surface area contributed by atoms with Crippen LogP contribution in [-0.2, 0) is 9.47 Å². The summed E-state index contributed by atoms with van der Waals surface area (Å²) < 4.78 is 10.6. The fourth-order valence-corrected chi connectivity index (χ4v) is 8.75. The van der Waals surface area contributed by atoms with Crippen LogP contribution >= 0.6 is 0 Å². The van der Waals surface area contributed by atoms with Crippen LogP contribution in [0.1, 0.15) is 13.3 Å². The van der Waals surface area contributed by atoms with Crippen LogP contribution in [0.25, 0.3) is 0 Å². The molecule has 0 aromatic rings. The molecule has 0 aromatic heterocycles. The monoisotopic (exact) mass is 276 g/mol. The van der Waals surface area contributed by atoms with Gasteiger partial charge >= 0.3 is 0 Å². The predicted molar refractivity (Wildman–Crippen MR) is 82.3 cm³/mol. The Morgan fingerprint density at radius 2 is 1.47 bits per heavy atom. The molecule has 0 saturated heterocycles. The van der Waals surface area contributed by atoms with Gasteiger partial charge in [-0.15, -0.1) is 0 Å². The minimum Gasteiger partial charge on any atom is -0.356 e. The Bertz CT molecular complexity index is 188. The van der Waals surface area contributed by atoms with Crippen molar-refractivity contribution < 1.29 is 9.47 Å². The van der Waals surface area contributed by atoms with Crippen LogP contribution in [0.5, 0.6) is 0 Å². The van der Waals surface area contributed by atoms with Crippen LogP contribution in [0.4, 0.5) is 0 Å². The first kappa shape index (κ1) is 17.4. The SMILES string of the molecule is CCOCOCCC[Si](C)(C)CC[Si](C)(C)C. The zero-order valence-corrected chi connectivity index (χ0v) is 14.8. The van der Waals surface area contributed by atoms with Crippen LogP contribution < -0.4 is 0 Å². The molecule has 104 valence electrons. The van der Waals surface area contributed by atoms with E-state index in [1.807, 2.05) is 6.92 Å². The Labute approximate surface area is 110 Å². The first-order valence-electron chi connectivity index (χ1n) is 6.92. The fourth-order valence-electron chi connectivity index (χ4n) is 1.69. The number of ether oxygens (including phenoxy) is 2. The van der Waals surface area contributed by atoms with Crippen molar-refractivity contribution in [3.63, 3.8) is 0 Å². The number of hydrogen-bond acceptors (Lipinski definition) is 2. The van der Waals surface area contributed by atoms with Gasteiger partial charge in [-0.25, -0.2) is 0 Å². The molecule has 0 aromatic carbocycles. The van der Waals surface area contributed by atoms with Crippen LogP contribution in [-0.4, -0.2) is 36.2 Å². The molecule has 0 saturated carbocycles. The van der Waals surface area contributed by atoms with Gasteiger partial charge in [0.2, 0.25) is 0 Å². The molecule has 0 N–H and O–H groups in total. The predicted octanol–water partition coefficient (Wildman–Crippen LogP) is 4.43. The average Bonchev–Trinajstić information content (AvgIpc) is 2.20. The van der Waals surface area contributed by atoms with Gasteiger partial charge < -0.3 is 9.47 Å². The molecule has 4 heteroatoms. The molecule has 17 heavy (non-hydrogen) atoms. The van der Waals surface area contributed by atoms with Crippen molar-refractivity contribution in [3.05, 3.63) is 0 Å². The Kier molecular flexibility index (Phi) is 8.63. The second-order valence-electron chi connectivity index (χ2n) is 6.85. The van der Waals surface area contributed by atoms with E-state index in [1.165, 1.54) is 24.6 Å². The zero-order chi connectivity index (χ0) is 13.4. The quantitative estimate of drug-likeness (QED) is 0.334. The highest BCUT2D eigenvalue weighted by atomic mass is 28.3. The summed E-state index contributed by atoms with van der Waals surface area (Å²) in [5.41, 5.74) is 0. The summed E-state index contributed by atoms with van der Waals surface area (Å²) >= 11 is 0. The van der Waals surface area contributed by atoms with Crippen LogP contribution in [0.2, 0.25) is 50.9 Å². The van der Waals surface area contributed by atoms with Crippen LogP contribution in [0.15, 0.2) is 0 Å². The molecule has 2 nitrogen and oxygen atoms in total. The van der Waals surface area contributed by atoms with Gasteiger partial charge in [0.05, 0.1) is 0 Å². The van der Waals surface area contributed by atoms with Gasteiger partial charge in [-0.1, -0.05) is 50.9 Å². The highest BCUT2D eigenvalue weighted by Gasteiger charge is 2.23. The van der Waals surface area contributed by atoms with Crippen LogP contribution in [0.3, 0.4) is 0 Å². The van der Waals surface area contributed by atoms with Gasteiger partial charge in [0.25, 0.3) is 0 Å². The molecule has 0 unspecified atom stereocenters. The van der Waals surface area contributed by atoms with E-state index in [-0.39, 0.29) is 0 Å². The summed E-state index contributed by atoms with van der Waals surface area (Å²) in [4.78, 5) is 0. The summed E-state index contributed by atoms with van der Waals surface area (Å²) in [5, 5.41) is 0. The lowest BCUT2D eigenvalue weighted by atomic mass is 10.5. The molecule has 0 bridgehead atoms. The lowest BCUT2D eigenvalue weighted by molar-refractivity contribution is -0.0489. The molecule has 0 aliphatic heterocycles. The summed E-state index contributed by atoms with van der Waals surface area (Å²) in [6.45, 7) is 16.5. The van der Waals surface area contributed by atoms with Gasteiger partial charge in [-0.3, -0.25) is 0 Å². The van der Waals surface area contributed by atoms with E-state index in [1.54, 1.807) is 0 Å². The summed E-state index contributed by atoms with van der Waals surface area (Å²) in [6.07, 6.45) is 1.21. The van der Waals surface area contributed by atoms with Crippen molar-refractivity contribution in [2.24, 2.45) is 0 Å². The molecule has 0 fully saturated rings. The maximum absolute atomic E-state index is 5.42. The first-order valence-corrected chi connectivity index (χ1v) is 14.0. The summed E-state index contributed by atoms with van der Waals surface area (Å²) in [7, 11) is -1.82. The minimum atomic E-state index is -0.968. The lowest BCUT2D eigenvalue weighted by Gasteiger charge is -2.26. The maximum atomic E-state index is 5.42. The van der Waals surface area contributed by atoms with Gasteiger partial charge in [0, 0.05) is 29.4 Å². The largest absolute Gasteiger partial charge is 0.356 e. The van der Waals surface area contributed by atoms with E-state index in [2.05, 4.69) is 32.7 Å². The van der Waals surface area contributed by atoms with Crippen molar-refractivity contribution in [3.8, 4) is 0 Å². The molecule has 0 rings (SSSR count). The molecule has 0 aliphatic rings. The van der Waals surface area contributed by atoms with E-state index in [4.69, 9.17) is 9.47 Å². The maximum Gasteiger partial charge on any atom is 0.146 e. The Morgan fingerprint density at radius 3 is 2.00 bits per heavy atom. The Balaban J connectivity index is 3.57. The summed E-state index contributed by atoms with van der Waals surface area (Å²) in [5.74, 6) is 0. The van der Waals surface area contributed by atoms with E-state index in [9.17, 15) is 0 Å². The third kappa shape index (κ3) is 12.6. The van der Waals surface area contributed by atoms with Crippen LogP contribution in [0, 0.1) is 0 Å². The standard InChI is InChI=1S/C13H32O2Si2/c1-7-14-13-15-9-8-10-17(5,6)12-11-16(2,3)4/h7-13H2,1-6H3. The minimum absolute atomic E-state index is 0.466. The zero-order valence-electron chi connectivity index (χ0n) is 12.8. The van der Waals surface area contributed by atoms with E-state index in [0.717, 1.165) is 13.2 Å². The molecule has 0 amide bonds. The van der Waals surface area contributed by atoms with Crippen molar-refractivity contribution in [1.29, 1.82) is 0 Å². The molecule has 0 heterocycles. The van der Waals surface area contributed by atoms with Crippen molar-refractivity contribution in [1.82, 2.24) is 0 Å². The van der Waals surface area contributed by atoms with Gasteiger partial charge in [-0.05, 0) is 13.3 Å². The molecular weight excluding hydrogens is 244 g/mol. The van der Waals surface area contributed by atoms with Crippen molar-refractivity contribution in [2.75, 3.05) is 20.0 Å². The van der Waals surface area contributed by atoms with E-state index in [0.29, 0.717) is 6.79 Å². The second kappa shape index (κ2) is 8.45. The fraction of sp³-hybridized carbons (Fsp3) is 1.00. The normalized spacial score (nSPS) is 13.1. The van der Waals surface area contributed by atoms with Gasteiger partial charge in [-0.2, -0.15) is 0 Å². The third-order valence-corrected chi connectivity index (χ3v) is 8.63. The molecular formula is C13H32O2Si2. The summed E-state index contributed by atoms with van der Waals surface area (Å²) in [6, 6.07) is 4.38. The van der Waals surface area contributed by atoms with Gasteiger partial charge in [0.1, 0.15) is 6.79 Å². The molecule has 0 radical (unpaired) electrons. The number of hydrogen-bond donors (Lipinski definition) is 0. The Hall–Kier alpha value is 0.354. The second-order valence-corrected chi connectivity index (χ2v) is 17.8. The Morgan fingerprint density at radius 1 is 0.824 bits per heavy atom. The molecule has 0 atom stereocenters. The topological polar surface area (TPSA) is 18.5 Å². The van der Waals surface area contributed by atoms with E-state index >= 15 is 0 Å². The average molecular weight is 277 g/mol. The number of rotatable bonds is 10. The lowest BCUT2D eigenvalue weighted by Crippen LogP contribution is -2.30. The molecule has 0 spiro atoms. The van der Waals surface area contributed by atoms with Crippen molar-refractivity contribution in [2.45, 2.75) is 64.2 Å². The van der Waals surface area contributed by atoms with Crippen molar-refractivity contribution >= 4 is 16.1 Å². The molecule has 0 aliphatic carbocycles. The highest BCUT2D eigenvalue weighted by Crippen LogP contribution is 2.24.